The first-order valence-corrected chi connectivity index (χ1v) is 10.0. The Balaban J connectivity index is 1.76. The Hall–Kier alpha value is -2.19. The molecule has 0 bridgehead atoms. The Kier molecular flexibility index (Phi) is 5.43. The zero-order valence-corrected chi connectivity index (χ0v) is 16.1. The van der Waals surface area contributed by atoms with E-state index in [1.807, 2.05) is 38.1 Å². The summed E-state index contributed by atoms with van der Waals surface area (Å²) in [4.78, 5) is 10.7. The molecule has 1 atom stereocenters. The van der Waals surface area contributed by atoms with Gasteiger partial charge >= 0.3 is 0 Å². The number of hydrogen-bond donors (Lipinski definition) is 0. The second-order valence-corrected chi connectivity index (χ2v) is 8.58. The number of aryl methyl sites for hydroxylation is 1. The van der Waals surface area contributed by atoms with Crippen LogP contribution in [0.15, 0.2) is 41.6 Å². The van der Waals surface area contributed by atoms with Gasteiger partial charge in [-0.1, -0.05) is 17.7 Å². The lowest BCUT2D eigenvalue weighted by Crippen LogP contribution is -2.44. The lowest BCUT2D eigenvalue weighted by molar-refractivity contribution is 0.125. The van der Waals surface area contributed by atoms with Crippen LogP contribution in [-0.4, -0.2) is 56.0 Å². The molecule has 7 nitrogen and oxygen atoms in total. The van der Waals surface area contributed by atoms with Gasteiger partial charge in [-0.2, -0.15) is 4.31 Å². The normalized spacial score (nSPS) is 18.5. The van der Waals surface area contributed by atoms with Crippen molar-refractivity contribution in [3.8, 4) is 5.88 Å². The van der Waals surface area contributed by atoms with Crippen LogP contribution in [0, 0.1) is 6.92 Å². The highest BCUT2D eigenvalue weighted by molar-refractivity contribution is 7.89. The van der Waals surface area contributed by atoms with Crippen molar-refractivity contribution in [2.75, 3.05) is 32.1 Å². The van der Waals surface area contributed by atoms with E-state index in [0.717, 1.165) is 18.4 Å². The van der Waals surface area contributed by atoms with Crippen molar-refractivity contribution in [3.63, 3.8) is 0 Å². The second kappa shape index (κ2) is 7.59. The van der Waals surface area contributed by atoms with Crippen LogP contribution in [0.2, 0.25) is 0 Å². The van der Waals surface area contributed by atoms with Crippen molar-refractivity contribution in [1.82, 2.24) is 14.3 Å². The second-order valence-electron chi connectivity index (χ2n) is 6.64. The minimum absolute atomic E-state index is 0.251. The molecule has 0 amide bonds. The molecule has 140 valence electrons. The van der Waals surface area contributed by atoms with Gasteiger partial charge in [0.15, 0.2) is 5.82 Å². The topological polar surface area (TPSA) is 75.6 Å². The Morgan fingerprint density at radius 1 is 1.15 bits per heavy atom. The average Bonchev–Trinajstić information content (AvgIpc) is 2.62. The average molecular weight is 376 g/mol. The van der Waals surface area contributed by atoms with Crippen molar-refractivity contribution in [1.29, 1.82) is 0 Å². The number of benzene rings is 1. The number of piperidine rings is 1. The van der Waals surface area contributed by atoms with Crippen LogP contribution in [0.1, 0.15) is 18.4 Å². The molecule has 1 fully saturated rings. The first-order valence-electron chi connectivity index (χ1n) is 8.60. The van der Waals surface area contributed by atoms with Crippen molar-refractivity contribution >= 4 is 15.8 Å². The van der Waals surface area contributed by atoms with Crippen molar-refractivity contribution in [3.05, 3.63) is 42.2 Å². The van der Waals surface area contributed by atoms with Gasteiger partial charge in [0.1, 0.15) is 6.10 Å². The summed E-state index contributed by atoms with van der Waals surface area (Å²) in [5, 5.41) is 0. The number of aromatic nitrogens is 2. The van der Waals surface area contributed by atoms with Gasteiger partial charge in [-0.05, 0) is 31.9 Å². The summed E-state index contributed by atoms with van der Waals surface area (Å²) in [5.74, 6) is 1.06. The van der Waals surface area contributed by atoms with Gasteiger partial charge in [-0.15, -0.1) is 0 Å². The fourth-order valence-corrected chi connectivity index (χ4v) is 4.45. The largest absolute Gasteiger partial charge is 0.470 e. The van der Waals surface area contributed by atoms with Crippen LogP contribution in [0.25, 0.3) is 0 Å². The zero-order valence-electron chi connectivity index (χ0n) is 15.3. The van der Waals surface area contributed by atoms with Crippen LogP contribution in [0.3, 0.4) is 0 Å². The van der Waals surface area contributed by atoms with Crippen LogP contribution < -0.4 is 9.64 Å². The molecule has 26 heavy (non-hydrogen) atoms. The van der Waals surface area contributed by atoms with Crippen LogP contribution in [0.4, 0.5) is 5.82 Å². The number of anilines is 1. The third kappa shape index (κ3) is 3.96. The highest BCUT2D eigenvalue weighted by atomic mass is 32.2. The summed E-state index contributed by atoms with van der Waals surface area (Å²) in [5.41, 5.74) is 1.03. The first-order chi connectivity index (χ1) is 12.4. The van der Waals surface area contributed by atoms with Gasteiger partial charge in [0.2, 0.25) is 10.0 Å². The summed E-state index contributed by atoms with van der Waals surface area (Å²) >= 11 is 0. The Labute approximate surface area is 154 Å². The predicted octanol–water partition coefficient (Wildman–Crippen LogP) is 2.08. The third-order valence-electron chi connectivity index (χ3n) is 4.35. The van der Waals surface area contributed by atoms with Crippen LogP contribution >= 0.6 is 0 Å². The lowest BCUT2D eigenvalue weighted by Gasteiger charge is -2.32. The Morgan fingerprint density at radius 2 is 1.85 bits per heavy atom. The molecular formula is C18H24N4O3S. The smallest absolute Gasteiger partial charge is 0.257 e. The van der Waals surface area contributed by atoms with Crippen molar-refractivity contribution < 1.29 is 13.2 Å². The zero-order chi connectivity index (χ0) is 18.7. The summed E-state index contributed by atoms with van der Waals surface area (Å²) in [6.45, 7) is 2.74. The van der Waals surface area contributed by atoms with Gasteiger partial charge < -0.3 is 9.64 Å². The molecule has 0 aliphatic carbocycles. The maximum absolute atomic E-state index is 12.9. The summed E-state index contributed by atoms with van der Waals surface area (Å²) in [6.07, 6.45) is 4.46. The molecule has 0 N–H and O–H groups in total. The molecule has 1 aromatic carbocycles. The highest BCUT2D eigenvalue weighted by Gasteiger charge is 2.31. The summed E-state index contributed by atoms with van der Waals surface area (Å²) in [7, 11) is 0.210. The van der Waals surface area contributed by atoms with E-state index in [2.05, 4.69) is 9.97 Å². The molecule has 1 saturated heterocycles. The van der Waals surface area contributed by atoms with Gasteiger partial charge in [-0.3, -0.25) is 0 Å². The first kappa shape index (κ1) is 18.6. The highest BCUT2D eigenvalue weighted by Crippen LogP contribution is 2.26. The number of sulfonamides is 1. The maximum atomic E-state index is 12.9. The van der Waals surface area contributed by atoms with E-state index in [0.29, 0.717) is 29.7 Å². The maximum Gasteiger partial charge on any atom is 0.257 e. The predicted molar refractivity (Wildman–Crippen MR) is 99.9 cm³/mol. The summed E-state index contributed by atoms with van der Waals surface area (Å²) in [6, 6.07) is 6.94. The van der Waals surface area contributed by atoms with Gasteiger partial charge in [0.05, 0.1) is 11.4 Å². The van der Waals surface area contributed by atoms with E-state index in [9.17, 15) is 8.42 Å². The standard InChI is InChI=1S/C18H24N4O3S/c1-14-6-8-16(9-7-14)26(23,24)22-12-4-5-15(13-22)25-18-17(21(2)3)19-10-11-20-18/h6-11,15H,4-5,12-13H2,1-3H3. The molecule has 1 aliphatic heterocycles. The minimum atomic E-state index is -3.52. The number of nitrogens with zero attached hydrogens (tertiary/aromatic N) is 4. The van der Waals surface area contributed by atoms with Gasteiger partial charge in [0.25, 0.3) is 5.88 Å². The molecule has 2 heterocycles. The van der Waals surface area contributed by atoms with Gasteiger partial charge in [-0.25, -0.2) is 18.4 Å². The summed E-state index contributed by atoms with van der Waals surface area (Å²) < 4.78 is 33.3. The van der Waals surface area contributed by atoms with E-state index >= 15 is 0 Å². The molecule has 1 aromatic heterocycles. The molecule has 0 radical (unpaired) electrons. The van der Waals surface area contributed by atoms with Crippen molar-refractivity contribution in [2.45, 2.75) is 30.8 Å². The fraction of sp³-hybridized carbons (Fsp3) is 0.444. The number of hydrogen-bond acceptors (Lipinski definition) is 6. The quantitative estimate of drug-likeness (QED) is 0.795. The van der Waals surface area contributed by atoms with E-state index in [-0.39, 0.29) is 6.10 Å². The molecule has 1 unspecified atom stereocenters. The fourth-order valence-electron chi connectivity index (χ4n) is 2.94. The van der Waals surface area contributed by atoms with Crippen LogP contribution in [0.5, 0.6) is 5.88 Å². The molecule has 0 spiro atoms. The minimum Gasteiger partial charge on any atom is -0.470 e. The molecule has 2 aromatic rings. The van der Waals surface area contributed by atoms with E-state index in [1.54, 1.807) is 24.5 Å². The van der Waals surface area contributed by atoms with Crippen LogP contribution in [-0.2, 0) is 10.0 Å². The van der Waals surface area contributed by atoms with Crippen molar-refractivity contribution in [2.24, 2.45) is 0 Å². The lowest BCUT2D eigenvalue weighted by atomic mass is 10.1. The number of rotatable bonds is 5. The van der Waals surface area contributed by atoms with E-state index in [4.69, 9.17) is 4.74 Å². The Bertz CT molecular complexity index is 853. The molecular weight excluding hydrogens is 352 g/mol. The number of ether oxygens (including phenoxy) is 1. The van der Waals surface area contributed by atoms with E-state index in [1.165, 1.54) is 4.31 Å². The third-order valence-corrected chi connectivity index (χ3v) is 6.23. The monoisotopic (exact) mass is 376 g/mol. The van der Waals surface area contributed by atoms with Gasteiger partial charge in [0, 0.05) is 33.0 Å². The molecule has 1 aliphatic rings. The molecule has 3 rings (SSSR count). The van der Waals surface area contributed by atoms with E-state index < -0.39 is 10.0 Å². The SMILES string of the molecule is Cc1ccc(S(=O)(=O)N2CCCC(Oc3nccnc3N(C)C)C2)cc1. The molecule has 0 saturated carbocycles. The molecule has 8 heteroatoms. The Morgan fingerprint density at radius 3 is 2.54 bits per heavy atom.